The molecule has 0 aliphatic carbocycles. The van der Waals surface area contributed by atoms with Gasteiger partial charge < -0.3 is 4.74 Å². The molecule has 0 N–H and O–H groups in total. The molecule has 2 heterocycles. The van der Waals surface area contributed by atoms with E-state index in [2.05, 4.69) is 20.9 Å². The van der Waals surface area contributed by atoms with Crippen LogP contribution in [0.5, 0.6) is 5.75 Å². The highest BCUT2D eigenvalue weighted by Gasteiger charge is 2.28. The number of Topliss-reactive ketones (excluding diaryl/α,β-unsaturated/α-hetero) is 1. The Balaban J connectivity index is 1.70. The van der Waals surface area contributed by atoms with Crippen molar-refractivity contribution in [3.63, 3.8) is 0 Å². The molecule has 19 heavy (non-hydrogen) atoms. The summed E-state index contributed by atoms with van der Waals surface area (Å²) in [6, 6.07) is 9.71. The summed E-state index contributed by atoms with van der Waals surface area (Å²) in [5.74, 6) is 0.921. The molecule has 1 aliphatic heterocycles. The maximum atomic E-state index is 12.2. The highest BCUT2D eigenvalue weighted by atomic mass is 79.9. The number of aromatic nitrogens is 1. The fourth-order valence-corrected chi connectivity index (χ4v) is 2.64. The van der Waals surface area contributed by atoms with Crippen LogP contribution in [0.25, 0.3) is 0 Å². The summed E-state index contributed by atoms with van der Waals surface area (Å²) in [7, 11) is 0. The Morgan fingerprint density at radius 2 is 2.21 bits per heavy atom. The van der Waals surface area contributed by atoms with Gasteiger partial charge in [0.25, 0.3) is 0 Å². The van der Waals surface area contributed by atoms with Crippen LogP contribution in [0.4, 0.5) is 0 Å². The van der Waals surface area contributed by atoms with Gasteiger partial charge in [-0.25, -0.2) is 0 Å². The maximum Gasteiger partial charge on any atom is 0.178 e. The van der Waals surface area contributed by atoms with Gasteiger partial charge in [0.15, 0.2) is 11.9 Å². The second-order valence-electron chi connectivity index (χ2n) is 4.57. The second kappa shape index (κ2) is 5.13. The lowest BCUT2D eigenvalue weighted by Crippen LogP contribution is -2.26. The van der Waals surface area contributed by atoms with Crippen LogP contribution in [-0.2, 0) is 17.6 Å². The van der Waals surface area contributed by atoms with Crippen LogP contribution in [0.2, 0.25) is 0 Å². The van der Waals surface area contributed by atoms with Crippen molar-refractivity contribution < 1.29 is 9.53 Å². The van der Waals surface area contributed by atoms with E-state index in [4.69, 9.17) is 4.74 Å². The number of hydrogen-bond acceptors (Lipinski definition) is 3. The van der Waals surface area contributed by atoms with E-state index >= 15 is 0 Å². The molecule has 1 unspecified atom stereocenters. The van der Waals surface area contributed by atoms with Gasteiger partial charge in [-0.05, 0) is 39.2 Å². The third kappa shape index (κ3) is 2.68. The number of nitrogens with zero attached hydrogens (tertiary/aromatic N) is 1. The van der Waals surface area contributed by atoms with Crippen LogP contribution in [0.1, 0.15) is 11.1 Å². The number of benzene rings is 1. The van der Waals surface area contributed by atoms with Crippen LogP contribution in [-0.4, -0.2) is 16.9 Å². The van der Waals surface area contributed by atoms with E-state index in [1.165, 1.54) is 0 Å². The molecule has 0 bridgehead atoms. The van der Waals surface area contributed by atoms with Gasteiger partial charge in [0.05, 0.1) is 0 Å². The smallest absolute Gasteiger partial charge is 0.178 e. The Labute approximate surface area is 119 Å². The van der Waals surface area contributed by atoms with Gasteiger partial charge in [0.2, 0.25) is 0 Å². The molecule has 0 saturated carbocycles. The lowest BCUT2D eigenvalue weighted by Gasteiger charge is -2.09. The van der Waals surface area contributed by atoms with Crippen molar-refractivity contribution in [1.82, 2.24) is 4.98 Å². The van der Waals surface area contributed by atoms with Crippen molar-refractivity contribution >= 4 is 21.7 Å². The van der Waals surface area contributed by atoms with Crippen molar-refractivity contribution in [1.29, 1.82) is 0 Å². The number of halogens is 1. The number of carbonyl (C=O) groups excluding carboxylic acids is 1. The predicted molar refractivity (Wildman–Crippen MR) is 75.2 cm³/mol. The first-order valence-corrected chi connectivity index (χ1v) is 6.88. The lowest BCUT2D eigenvalue weighted by atomic mass is 10.0. The van der Waals surface area contributed by atoms with Crippen molar-refractivity contribution in [2.24, 2.45) is 0 Å². The van der Waals surface area contributed by atoms with E-state index < -0.39 is 0 Å². The van der Waals surface area contributed by atoms with E-state index in [-0.39, 0.29) is 11.9 Å². The second-order valence-corrected chi connectivity index (χ2v) is 5.49. The third-order valence-electron chi connectivity index (χ3n) is 3.15. The minimum Gasteiger partial charge on any atom is -0.482 e. The van der Waals surface area contributed by atoms with Gasteiger partial charge in [0.1, 0.15) is 5.75 Å². The van der Waals surface area contributed by atoms with Crippen molar-refractivity contribution in [2.45, 2.75) is 18.9 Å². The molecule has 0 spiro atoms. The summed E-state index contributed by atoms with van der Waals surface area (Å²) < 4.78 is 6.57. The number of ketones is 1. The van der Waals surface area contributed by atoms with E-state index in [0.29, 0.717) is 12.8 Å². The van der Waals surface area contributed by atoms with E-state index in [0.717, 1.165) is 21.3 Å². The fraction of sp³-hybridized carbons (Fsp3) is 0.200. The van der Waals surface area contributed by atoms with Gasteiger partial charge in [-0.3, -0.25) is 9.78 Å². The zero-order valence-corrected chi connectivity index (χ0v) is 11.8. The standard InChI is InChI=1S/C15H12BrNO2/c16-12-5-10(8-17-9-12)6-13(18)15-7-11-3-1-2-4-14(11)19-15/h1-5,8-9,15H,6-7H2. The van der Waals surface area contributed by atoms with Gasteiger partial charge >= 0.3 is 0 Å². The van der Waals surface area contributed by atoms with E-state index in [1.807, 2.05) is 30.3 Å². The number of fused-ring (bicyclic) bond motifs is 1. The molecule has 96 valence electrons. The molecule has 3 nitrogen and oxygen atoms in total. The molecular formula is C15H12BrNO2. The van der Waals surface area contributed by atoms with Gasteiger partial charge in [-0.2, -0.15) is 0 Å². The number of rotatable bonds is 3. The Bertz CT molecular complexity index is 602. The largest absolute Gasteiger partial charge is 0.482 e. The summed E-state index contributed by atoms with van der Waals surface area (Å²) in [6.07, 6.45) is 4.07. The average molecular weight is 318 g/mol. The van der Waals surface area contributed by atoms with Crippen LogP contribution in [0.15, 0.2) is 47.2 Å². The number of pyridine rings is 1. The molecule has 1 atom stereocenters. The first kappa shape index (κ1) is 12.4. The average Bonchev–Trinajstić information content (AvgIpc) is 2.82. The molecule has 0 radical (unpaired) electrons. The van der Waals surface area contributed by atoms with E-state index in [1.54, 1.807) is 12.4 Å². The normalized spacial score (nSPS) is 16.8. The number of hydrogen-bond donors (Lipinski definition) is 0. The minimum atomic E-state index is -0.364. The zero-order valence-electron chi connectivity index (χ0n) is 10.2. The SMILES string of the molecule is O=C(Cc1cncc(Br)c1)C1Cc2ccccc2O1. The number of para-hydroxylation sites is 1. The first-order chi connectivity index (χ1) is 9.22. The van der Waals surface area contributed by atoms with Crippen molar-refractivity contribution in [3.8, 4) is 5.75 Å². The molecule has 1 aromatic heterocycles. The fourth-order valence-electron chi connectivity index (χ4n) is 2.23. The highest BCUT2D eigenvalue weighted by Crippen LogP contribution is 2.29. The van der Waals surface area contributed by atoms with Crippen molar-refractivity contribution in [2.75, 3.05) is 0 Å². The molecule has 0 amide bonds. The minimum absolute atomic E-state index is 0.0936. The van der Waals surface area contributed by atoms with Gasteiger partial charge in [0, 0.05) is 29.7 Å². The molecule has 1 aromatic carbocycles. The Morgan fingerprint density at radius 3 is 3.00 bits per heavy atom. The molecule has 2 aromatic rings. The molecule has 0 fully saturated rings. The molecule has 4 heteroatoms. The zero-order chi connectivity index (χ0) is 13.2. The third-order valence-corrected chi connectivity index (χ3v) is 3.58. The summed E-state index contributed by atoms with van der Waals surface area (Å²) >= 11 is 3.35. The summed E-state index contributed by atoms with van der Waals surface area (Å²) in [5.41, 5.74) is 2.01. The highest BCUT2D eigenvalue weighted by molar-refractivity contribution is 9.10. The molecular weight excluding hydrogens is 306 g/mol. The Morgan fingerprint density at radius 1 is 1.37 bits per heavy atom. The number of ether oxygens (including phenoxy) is 1. The lowest BCUT2D eigenvalue weighted by molar-refractivity contribution is -0.124. The topological polar surface area (TPSA) is 39.2 Å². The van der Waals surface area contributed by atoms with Gasteiger partial charge in [-0.1, -0.05) is 18.2 Å². The Hall–Kier alpha value is -1.68. The summed E-state index contributed by atoms with van der Waals surface area (Å²) in [6.45, 7) is 0. The van der Waals surface area contributed by atoms with Crippen LogP contribution in [0.3, 0.4) is 0 Å². The summed E-state index contributed by atoms with van der Waals surface area (Å²) in [4.78, 5) is 16.3. The van der Waals surface area contributed by atoms with Crippen molar-refractivity contribution in [3.05, 3.63) is 58.3 Å². The number of carbonyl (C=O) groups is 1. The quantitative estimate of drug-likeness (QED) is 0.873. The first-order valence-electron chi connectivity index (χ1n) is 6.09. The molecule has 1 aliphatic rings. The van der Waals surface area contributed by atoms with Crippen LogP contribution in [0, 0.1) is 0 Å². The Kier molecular flexibility index (Phi) is 3.34. The summed E-state index contributed by atoms with van der Waals surface area (Å²) in [5, 5.41) is 0. The van der Waals surface area contributed by atoms with Crippen LogP contribution < -0.4 is 4.74 Å². The monoisotopic (exact) mass is 317 g/mol. The predicted octanol–water partition coefficient (Wildman–Crippen LogP) is 2.96. The van der Waals surface area contributed by atoms with E-state index in [9.17, 15) is 4.79 Å². The molecule has 0 saturated heterocycles. The molecule has 3 rings (SSSR count). The van der Waals surface area contributed by atoms with Gasteiger partial charge in [-0.15, -0.1) is 0 Å². The van der Waals surface area contributed by atoms with Crippen LogP contribution >= 0.6 is 15.9 Å². The maximum absolute atomic E-state index is 12.2.